The van der Waals surface area contributed by atoms with Crippen LogP contribution in [0.15, 0.2) is 24.3 Å². The summed E-state index contributed by atoms with van der Waals surface area (Å²) in [6.45, 7) is 0.547. The fraction of sp³-hybridized carbons (Fsp3) is 0.500. The molecule has 0 aliphatic carbocycles. The van der Waals surface area contributed by atoms with Gasteiger partial charge in [0.2, 0.25) is 0 Å². The van der Waals surface area contributed by atoms with Crippen LogP contribution in [0.25, 0.3) is 0 Å². The van der Waals surface area contributed by atoms with E-state index in [9.17, 15) is 21.6 Å². The molecule has 7 heteroatoms. The van der Waals surface area contributed by atoms with Crippen LogP contribution in [0.4, 0.5) is 13.2 Å². The lowest BCUT2D eigenvalue weighted by molar-refractivity contribution is -0.137. The van der Waals surface area contributed by atoms with Crippen LogP contribution >= 0.6 is 0 Å². The number of rotatable bonds is 1. The molecule has 0 spiro atoms. The second-order valence-corrected chi connectivity index (χ2v) is 6.82. The van der Waals surface area contributed by atoms with E-state index >= 15 is 0 Å². The maximum Gasteiger partial charge on any atom is 0.416 e. The molecule has 1 aliphatic heterocycles. The number of alkyl halides is 3. The van der Waals surface area contributed by atoms with Crippen LogP contribution in [0, 0.1) is 0 Å². The van der Waals surface area contributed by atoms with E-state index in [4.69, 9.17) is 0 Å². The van der Waals surface area contributed by atoms with Gasteiger partial charge < -0.3 is 5.32 Å². The Kier molecular flexibility index (Phi) is 3.87. The van der Waals surface area contributed by atoms with E-state index in [1.54, 1.807) is 0 Å². The predicted molar refractivity (Wildman–Crippen MR) is 65.5 cm³/mol. The molecule has 1 aromatic rings. The first-order valence-electron chi connectivity index (χ1n) is 5.89. The van der Waals surface area contributed by atoms with Gasteiger partial charge in [-0.2, -0.15) is 13.2 Å². The molecule has 19 heavy (non-hydrogen) atoms. The Morgan fingerprint density at radius 3 is 2.37 bits per heavy atom. The number of hydrogen-bond acceptors (Lipinski definition) is 3. The van der Waals surface area contributed by atoms with Gasteiger partial charge in [-0.3, -0.25) is 0 Å². The second kappa shape index (κ2) is 5.13. The van der Waals surface area contributed by atoms with Gasteiger partial charge in [0.1, 0.15) is 0 Å². The van der Waals surface area contributed by atoms with Gasteiger partial charge in [0, 0.05) is 6.04 Å². The zero-order chi connectivity index (χ0) is 14.1. The topological polar surface area (TPSA) is 46.2 Å². The van der Waals surface area contributed by atoms with Crippen LogP contribution in [-0.2, 0) is 16.0 Å². The van der Waals surface area contributed by atoms with E-state index in [1.165, 1.54) is 12.1 Å². The molecule has 0 amide bonds. The van der Waals surface area contributed by atoms with E-state index in [2.05, 4.69) is 5.32 Å². The molecule has 1 aliphatic rings. The van der Waals surface area contributed by atoms with Crippen LogP contribution < -0.4 is 5.32 Å². The summed E-state index contributed by atoms with van der Waals surface area (Å²) in [5.41, 5.74) is -0.161. The summed E-state index contributed by atoms with van der Waals surface area (Å²) < 4.78 is 60.6. The Morgan fingerprint density at radius 1 is 1.16 bits per heavy atom. The summed E-state index contributed by atoms with van der Waals surface area (Å²) in [7, 11) is -3.14. The third-order valence-electron chi connectivity index (χ3n) is 3.08. The van der Waals surface area contributed by atoms with Crippen LogP contribution in [0.2, 0.25) is 0 Å². The summed E-state index contributed by atoms with van der Waals surface area (Å²) >= 11 is 0. The van der Waals surface area contributed by atoms with E-state index in [-0.39, 0.29) is 11.5 Å². The monoisotopic (exact) mass is 293 g/mol. The highest BCUT2D eigenvalue weighted by molar-refractivity contribution is 7.91. The largest absolute Gasteiger partial charge is 0.416 e. The average Bonchev–Trinajstić information content (AvgIpc) is 2.49. The number of benzene rings is 1. The minimum Gasteiger partial charge on any atom is -0.309 e. The van der Waals surface area contributed by atoms with E-state index < -0.39 is 27.6 Å². The number of sulfone groups is 1. The zero-order valence-electron chi connectivity index (χ0n) is 10.1. The van der Waals surface area contributed by atoms with Gasteiger partial charge in [0.05, 0.1) is 17.1 Å². The van der Waals surface area contributed by atoms with Crippen LogP contribution in [-0.4, -0.2) is 26.5 Å². The third kappa shape index (κ3) is 3.70. The number of nitrogens with one attached hydrogen (secondary N) is 1. The molecule has 0 aromatic heterocycles. The lowest BCUT2D eigenvalue weighted by Crippen LogP contribution is -2.25. The summed E-state index contributed by atoms with van der Waals surface area (Å²) in [6, 6.07) is 4.20. The first kappa shape index (κ1) is 14.3. The fourth-order valence-corrected chi connectivity index (χ4v) is 3.65. The van der Waals surface area contributed by atoms with Crippen molar-refractivity contribution >= 4 is 9.84 Å². The lowest BCUT2D eigenvalue weighted by atomic mass is 10.1. The number of hydrogen-bond donors (Lipinski definition) is 1. The molecule has 2 rings (SSSR count). The van der Waals surface area contributed by atoms with Crippen molar-refractivity contribution in [2.75, 3.05) is 18.1 Å². The average molecular weight is 293 g/mol. The molecule has 1 unspecified atom stereocenters. The minimum atomic E-state index is -4.37. The highest BCUT2D eigenvalue weighted by atomic mass is 32.2. The Hall–Kier alpha value is -1.08. The van der Waals surface area contributed by atoms with Crippen LogP contribution in [0.1, 0.15) is 23.6 Å². The molecule has 106 valence electrons. The van der Waals surface area contributed by atoms with Gasteiger partial charge in [-0.25, -0.2) is 8.42 Å². The molecule has 0 bridgehead atoms. The number of halogens is 3. The normalized spacial score (nSPS) is 23.8. The van der Waals surface area contributed by atoms with Crippen LogP contribution in [0.5, 0.6) is 0 Å². The Bertz CT molecular complexity index is 537. The Balaban J connectivity index is 2.22. The van der Waals surface area contributed by atoms with Crippen molar-refractivity contribution in [1.29, 1.82) is 0 Å². The van der Waals surface area contributed by atoms with E-state index in [0.29, 0.717) is 18.5 Å². The lowest BCUT2D eigenvalue weighted by Gasteiger charge is -2.16. The molecule has 1 heterocycles. The minimum absolute atomic E-state index is 0.0711. The SMILES string of the molecule is O=S1(=O)CCCNC(c2ccc(C(F)(F)F)cc2)C1. The van der Waals surface area contributed by atoms with Crippen molar-refractivity contribution in [3.8, 4) is 0 Å². The molecular weight excluding hydrogens is 279 g/mol. The van der Waals surface area contributed by atoms with Gasteiger partial charge >= 0.3 is 6.18 Å². The fourth-order valence-electron chi connectivity index (χ4n) is 2.08. The van der Waals surface area contributed by atoms with Crippen molar-refractivity contribution in [1.82, 2.24) is 5.32 Å². The van der Waals surface area contributed by atoms with Gasteiger partial charge in [0.25, 0.3) is 0 Å². The Labute approximate surface area is 109 Å². The first-order valence-corrected chi connectivity index (χ1v) is 7.71. The molecular formula is C12H14F3NO2S. The molecule has 1 atom stereocenters. The summed E-state index contributed by atoms with van der Waals surface area (Å²) in [4.78, 5) is 0. The Morgan fingerprint density at radius 2 is 1.79 bits per heavy atom. The second-order valence-electron chi connectivity index (χ2n) is 4.59. The molecule has 1 fully saturated rings. The standard InChI is InChI=1S/C12H14F3NO2S/c13-12(14,15)10-4-2-9(3-5-10)11-8-19(17,18)7-1-6-16-11/h2-5,11,16H,1,6-8H2. The predicted octanol–water partition coefficient (Wildman–Crippen LogP) is 2.15. The summed E-state index contributed by atoms with van der Waals surface area (Å²) in [5.74, 6) is 0.0511. The molecule has 0 saturated carbocycles. The molecule has 1 aromatic carbocycles. The highest BCUT2D eigenvalue weighted by Crippen LogP contribution is 2.30. The van der Waals surface area contributed by atoms with Gasteiger partial charge in [-0.05, 0) is 30.7 Å². The summed E-state index contributed by atoms with van der Waals surface area (Å²) in [5, 5.41) is 3.05. The van der Waals surface area contributed by atoms with E-state index in [0.717, 1.165) is 12.1 Å². The molecule has 0 radical (unpaired) electrons. The first-order chi connectivity index (χ1) is 8.78. The molecule has 3 nitrogen and oxygen atoms in total. The quantitative estimate of drug-likeness (QED) is 0.863. The van der Waals surface area contributed by atoms with Crippen LogP contribution in [0.3, 0.4) is 0 Å². The van der Waals surface area contributed by atoms with Crippen molar-refractivity contribution in [3.63, 3.8) is 0 Å². The van der Waals surface area contributed by atoms with Gasteiger partial charge in [-0.15, -0.1) is 0 Å². The molecule has 1 saturated heterocycles. The maximum atomic E-state index is 12.4. The van der Waals surface area contributed by atoms with Crippen molar-refractivity contribution in [3.05, 3.63) is 35.4 Å². The zero-order valence-corrected chi connectivity index (χ0v) is 10.9. The van der Waals surface area contributed by atoms with Gasteiger partial charge in [-0.1, -0.05) is 12.1 Å². The highest BCUT2D eigenvalue weighted by Gasteiger charge is 2.30. The van der Waals surface area contributed by atoms with Crippen molar-refractivity contribution < 1.29 is 21.6 Å². The summed E-state index contributed by atoms with van der Waals surface area (Å²) in [6.07, 6.45) is -3.85. The van der Waals surface area contributed by atoms with Crippen molar-refractivity contribution in [2.24, 2.45) is 0 Å². The third-order valence-corrected chi connectivity index (χ3v) is 4.84. The van der Waals surface area contributed by atoms with E-state index in [1.807, 2.05) is 0 Å². The smallest absolute Gasteiger partial charge is 0.309 e. The van der Waals surface area contributed by atoms with Crippen molar-refractivity contribution in [2.45, 2.75) is 18.6 Å². The molecule has 1 N–H and O–H groups in total. The van der Waals surface area contributed by atoms with Gasteiger partial charge in [0.15, 0.2) is 9.84 Å². The maximum absolute atomic E-state index is 12.4.